The molecule has 0 N–H and O–H groups in total. The van der Waals surface area contributed by atoms with Crippen molar-refractivity contribution in [3.8, 4) is 5.75 Å². The van der Waals surface area contributed by atoms with Crippen LogP contribution in [0.25, 0.3) is 0 Å². The van der Waals surface area contributed by atoms with Crippen LogP contribution < -0.4 is 4.74 Å². The van der Waals surface area contributed by atoms with E-state index in [1.165, 1.54) is 0 Å². The Balaban J connectivity index is 2.09. The average molecular weight is 267 g/mol. The molecule has 2 aromatic rings. The molecule has 96 valence electrons. The first kappa shape index (κ1) is 12.8. The van der Waals surface area contributed by atoms with Crippen LogP contribution in [0.1, 0.15) is 23.7 Å². The van der Waals surface area contributed by atoms with E-state index in [4.69, 9.17) is 16.3 Å². The van der Waals surface area contributed by atoms with Crippen LogP contribution >= 0.6 is 11.6 Å². The fourth-order valence-corrected chi connectivity index (χ4v) is 1.95. The zero-order chi connectivity index (χ0) is 13.0. The maximum Gasteiger partial charge on any atom is 0.168 e. The SMILES string of the molecule is COc1ccccc1CCn1nnnc1C(C)Cl. The average Bonchev–Trinajstić information content (AvgIpc) is 2.85. The summed E-state index contributed by atoms with van der Waals surface area (Å²) in [7, 11) is 1.67. The summed E-state index contributed by atoms with van der Waals surface area (Å²) in [5, 5.41) is 11.3. The second-order valence-corrected chi connectivity index (χ2v) is 4.59. The number of nitrogens with zero attached hydrogens (tertiary/aromatic N) is 4. The van der Waals surface area contributed by atoms with Crippen LogP contribution in [0.2, 0.25) is 0 Å². The topological polar surface area (TPSA) is 52.8 Å². The van der Waals surface area contributed by atoms with Crippen molar-refractivity contribution >= 4 is 11.6 Å². The monoisotopic (exact) mass is 266 g/mol. The van der Waals surface area contributed by atoms with Gasteiger partial charge in [0.15, 0.2) is 5.82 Å². The van der Waals surface area contributed by atoms with Gasteiger partial charge in [0, 0.05) is 6.54 Å². The number of benzene rings is 1. The van der Waals surface area contributed by atoms with Crippen LogP contribution in [-0.2, 0) is 13.0 Å². The number of aromatic nitrogens is 4. The third-order valence-electron chi connectivity index (χ3n) is 2.70. The highest BCUT2D eigenvalue weighted by Gasteiger charge is 2.12. The third kappa shape index (κ3) is 2.79. The largest absolute Gasteiger partial charge is 0.496 e. The van der Waals surface area contributed by atoms with Crippen LogP contribution in [-0.4, -0.2) is 27.3 Å². The number of tetrazole rings is 1. The Hall–Kier alpha value is -1.62. The van der Waals surface area contributed by atoms with Gasteiger partial charge < -0.3 is 4.74 Å². The summed E-state index contributed by atoms with van der Waals surface area (Å²) in [6, 6.07) is 7.92. The van der Waals surface area contributed by atoms with Gasteiger partial charge in [-0.05, 0) is 35.4 Å². The summed E-state index contributed by atoms with van der Waals surface area (Å²) in [5.74, 6) is 1.57. The molecule has 0 aliphatic rings. The number of methoxy groups -OCH3 is 1. The predicted molar refractivity (Wildman–Crippen MR) is 68.8 cm³/mol. The minimum Gasteiger partial charge on any atom is -0.496 e. The molecule has 1 heterocycles. The normalized spacial score (nSPS) is 12.4. The minimum absolute atomic E-state index is 0.197. The number of halogens is 1. The number of rotatable bonds is 5. The number of alkyl halides is 1. The molecule has 0 radical (unpaired) electrons. The lowest BCUT2D eigenvalue weighted by Crippen LogP contribution is -2.09. The van der Waals surface area contributed by atoms with E-state index in [9.17, 15) is 0 Å². The minimum atomic E-state index is -0.197. The molecule has 5 nitrogen and oxygen atoms in total. The lowest BCUT2D eigenvalue weighted by atomic mass is 10.1. The summed E-state index contributed by atoms with van der Waals surface area (Å²) in [6.07, 6.45) is 0.797. The molecule has 0 aliphatic carbocycles. The molecule has 0 spiro atoms. The molecule has 1 atom stereocenters. The Morgan fingerprint density at radius 3 is 2.89 bits per heavy atom. The first-order valence-corrected chi connectivity index (χ1v) is 6.18. The van der Waals surface area contributed by atoms with Gasteiger partial charge in [-0.25, -0.2) is 4.68 Å². The molecule has 0 aliphatic heterocycles. The van der Waals surface area contributed by atoms with E-state index in [2.05, 4.69) is 15.5 Å². The molecule has 2 rings (SSSR count). The second-order valence-electron chi connectivity index (χ2n) is 3.94. The van der Waals surface area contributed by atoms with Crippen molar-refractivity contribution < 1.29 is 4.74 Å². The molecule has 18 heavy (non-hydrogen) atoms. The summed E-state index contributed by atoms with van der Waals surface area (Å²) in [4.78, 5) is 0. The zero-order valence-corrected chi connectivity index (χ0v) is 11.1. The van der Waals surface area contributed by atoms with Crippen molar-refractivity contribution in [2.24, 2.45) is 0 Å². The van der Waals surface area contributed by atoms with Crippen molar-refractivity contribution in [1.82, 2.24) is 20.2 Å². The second kappa shape index (κ2) is 5.82. The molecule has 1 aromatic heterocycles. The van der Waals surface area contributed by atoms with Gasteiger partial charge in [-0.1, -0.05) is 18.2 Å². The highest BCUT2D eigenvalue weighted by atomic mass is 35.5. The summed E-state index contributed by atoms with van der Waals surface area (Å²) in [6.45, 7) is 2.53. The quantitative estimate of drug-likeness (QED) is 0.779. The van der Waals surface area contributed by atoms with E-state index in [0.717, 1.165) is 17.7 Å². The first-order chi connectivity index (χ1) is 8.72. The maximum absolute atomic E-state index is 6.00. The van der Waals surface area contributed by atoms with Gasteiger partial charge in [0.25, 0.3) is 0 Å². The summed E-state index contributed by atoms with van der Waals surface area (Å²) < 4.78 is 7.03. The van der Waals surface area contributed by atoms with Gasteiger partial charge in [0.1, 0.15) is 5.75 Å². The molecule has 0 saturated carbocycles. The van der Waals surface area contributed by atoms with Gasteiger partial charge in [-0.15, -0.1) is 16.7 Å². The lowest BCUT2D eigenvalue weighted by molar-refractivity contribution is 0.407. The van der Waals surface area contributed by atoms with Gasteiger partial charge in [-0.3, -0.25) is 0 Å². The Labute approximate surface area is 111 Å². The zero-order valence-electron chi connectivity index (χ0n) is 10.4. The van der Waals surface area contributed by atoms with Crippen LogP contribution in [0.3, 0.4) is 0 Å². The smallest absolute Gasteiger partial charge is 0.168 e. The number of hydrogen-bond acceptors (Lipinski definition) is 4. The molecule has 0 amide bonds. The summed E-state index contributed by atoms with van der Waals surface area (Å²) >= 11 is 6.00. The molecule has 0 bridgehead atoms. The summed E-state index contributed by atoms with van der Waals surface area (Å²) in [5.41, 5.74) is 1.13. The standard InChI is InChI=1S/C12H15ClN4O/c1-9(13)12-14-15-16-17(12)8-7-10-5-3-4-6-11(10)18-2/h3-6,9H,7-8H2,1-2H3. The van der Waals surface area contributed by atoms with Crippen LogP contribution in [0.5, 0.6) is 5.75 Å². The molecule has 1 aromatic carbocycles. The molecule has 1 unspecified atom stereocenters. The molecule has 6 heteroatoms. The van der Waals surface area contributed by atoms with Gasteiger partial charge >= 0.3 is 0 Å². The molecule has 0 fully saturated rings. The fourth-order valence-electron chi connectivity index (χ4n) is 1.79. The van der Waals surface area contributed by atoms with Crippen molar-refractivity contribution in [3.63, 3.8) is 0 Å². The van der Waals surface area contributed by atoms with E-state index in [-0.39, 0.29) is 5.38 Å². The maximum atomic E-state index is 6.00. The van der Waals surface area contributed by atoms with Crippen molar-refractivity contribution in [2.75, 3.05) is 7.11 Å². The lowest BCUT2D eigenvalue weighted by Gasteiger charge is -2.09. The Bertz CT molecular complexity index is 512. The molecule has 0 saturated heterocycles. The van der Waals surface area contributed by atoms with Crippen LogP contribution in [0.4, 0.5) is 0 Å². The fraction of sp³-hybridized carbons (Fsp3) is 0.417. The highest BCUT2D eigenvalue weighted by Crippen LogP contribution is 2.19. The first-order valence-electron chi connectivity index (χ1n) is 5.74. The van der Waals surface area contributed by atoms with Crippen molar-refractivity contribution in [3.05, 3.63) is 35.7 Å². The Morgan fingerprint density at radius 2 is 2.17 bits per heavy atom. The van der Waals surface area contributed by atoms with Gasteiger partial charge in [-0.2, -0.15) is 0 Å². The van der Waals surface area contributed by atoms with Crippen LogP contribution in [0, 0.1) is 0 Å². The highest BCUT2D eigenvalue weighted by molar-refractivity contribution is 6.20. The van der Waals surface area contributed by atoms with E-state index >= 15 is 0 Å². The predicted octanol–water partition coefficient (Wildman–Crippen LogP) is 2.22. The number of para-hydroxylation sites is 1. The number of hydrogen-bond donors (Lipinski definition) is 0. The Morgan fingerprint density at radius 1 is 1.39 bits per heavy atom. The van der Waals surface area contributed by atoms with Crippen LogP contribution in [0.15, 0.2) is 24.3 Å². The van der Waals surface area contributed by atoms with E-state index in [1.54, 1.807) is 11.8 Å². The number of aryl methyl sites for hydroxylation is 2. The third-order valence-corrected chi connectivity index (χ3v) is 2.90. The van der Waals surface area contributed by atoms with Crippen molar-refractivity contribution in [2.45, 2.75) is 25.3 Å². The Kier molecular flexibility index (Phi) is 4.15. The van der Waals surface area contributed by atoms with Gasteiger partial charge in [0.2, 0.25) is 0 Å². The molecular formula is C12H15ClN4O. The van der Waals surface area contributed by atoms with E-state index < -0.39 is 0 Å². The van der Waals surface area contributed by atoms with Gasteiger partial charge in [0.05, 0.1) is 12.5 Å². The van der Waals surface area contributed by atoms with Crippen molar-refractivity contribution in [1.29, 1.82) is 0 Å². The van der Waals surface area contributed by atoms with E-state index in [1.807, 2.05) is 31.2 Å². The molecular weight excluding hydrogens is 252 g/mol. The van der Waals surface area contributed by atoms with E-state index in [0.29, 0.717) is 12.4 Å². The number of ether oxygens (including phenoxy) is 1.